The van der Waals surface area contributed by atoms with Crippen LogP contribution in [0.15, 0.2) is 17.1 Å². The average Bonchev–Trinajstić information content (AvgIpc) is 2.66. The number of aromatic nitrogens is 2. The molecule has 3 N–H and O–H groups in total. The summed E-state index contributed by atoms with van der Waals surface area (Å²) in [5.74, 6) is 0.351. The van der Waals surface area contributed by atoms with Gasteiger partial charge in [-0.3, -0.25) is 4.57 Å². The van der Waals surface area contributed by atoms with Gasteiger partial charge in [0.25, 0.3) is 0 Å². The largest absolute Gasteiger partial charge is 0.394 e. The first-order valence-electron chi connectivity index (χ1n) is 5.44. The lowest BCUT2D eigenvalue weighted by Crippen LogP contribution is -2.33. The van der Waals surface area contributed by atoms with Gasteiger partial charge < -0.3 is 20.3 Å². The van der Waals surface area contributed by atoms with Crippen LogP contribution in [0.4, 0.5) is 10.2 Å². The first-order valence-corrected chi connectivity index (χ1v) is 5.44. The highest BCUT2D eigenvalue weighted by Crippen LogP contribution is 2.30. The molecule has 0 unspecified atom stereocenters. The van der Waals surface area contributed by atoms with Crippen LogP contribution >= 0.6 is 0 Å². The number of nitrogens with zero attached hydrogens (tertiary/aromatic N) is 2. The third kappa shape index (κ3) is 2.09. The van der Waals surface area contributed by atoms with Crippen molar-refractivity contribution in [2.45, 2.75) is 24.6 Å². The standard InChI is InChI=1S/C10H14FN3O4/c1-12-6-2-3-14(10(17)13-6)9-7(11)8(16)5(4-15)18-9/h2-3,5,7-9,15-16H,4H2,1H3,(H,12,13,17)/t5-,7+,8+,9-/m1/s1. The molecule has 1 aliphatic heterocycles. The third-order valence-electron chi connectivity index (χ3n) is 2.83. The Balaban J connectivity index is 2.30. The Morgan fingerprint density at radius 2 is 2.39 bits per heavy atom. The summed E-state index contributed by atoms with van der Waals surface area (Å²) in [4.78, 5) is 15.3. The van der Waals surface area contributed by atoms with E-state index in [1.54, 1.807) is 7.05 Å². The molecule has 4 atom stereocenters. The molecule has 0 aromatic carbocycles. The molecule has 18 heavy (non-hydrogen) atoms. The number of alkyl halides is 1. The maximum atomic E-state index is 13.8. The molecule has 1 fully saturated rings. The van der Waals surface area contributed by atoms with Crippen LogP contribution in [0, 0.1) is 0 Å². The minimum absolute atomic E-state index is 0.351. The zero-order valence-electron chi connectivity index (χ0n) is 9.65. The summed E-state index contributed by atoms with van der Waals surface area (Å²) in [6.45, 7) is -0.519. The van der Waals surface area contributed by atoms with E-state index in [0.29, 0.717) is 5.82 Å². The number of rotatable bonds is 3. The zero-order chi connectivity index (χ0) is 13.3. The second kappa shape index (κ2) is 5.01. The lowest BCUT2D eigenvalue weighted by Gasteiger charge is -2.15. The van der Waals surface area contributed by atoms with Crippen LogP contribution in [-0.2, 0) is 4.74 Å². The summed E-state index contributed by atoms with van der Waals surface area (Å²) in [7, 11) is 1.60. The molecule has 8 heteroatoms. The Morgan fingerprint density at radius 1 is 1.67 bits per heavy atom. The first-order chi connectivity index (χ1) is 8.58. The Labute approximate surface area is 102 Å². The lowest BCUT2D eigenvalue weighted by molar-refractivity contribution is -0.0490. The molecule has 1 aromatic heterocycles. The van der Waals surface area contributed by atoms with Gasteiger partial charge in [0.15, 0.2) is 12.4 Å². The molecule has 0 radical (unpaired) electrons. The molecule has 2 heterocycles. The number of ether oxygens (including phenoxy) is 1. The molecule has 1 aromatic rings. The van der Waals surface area contributed by atoms with Crippen LogP contribution in [0.5, 0.6) is 0 Å². The summed E-state index contributed by atoms with van der Waals surface area (Å²) < 4.78 is 19.8. The van der Waals surface area contributed by atoms with Crippen LogP contribution in [0.25, 0.3) is 0 Å². The Bertz CT molecular complexity index is 480. The summed E-state index contributed by atoms with van der Waals surface area (Å²) in [6, 6.07) is 1.48. The van der Waals surface area contributed by atoms with E-state index < -0.39 is 36.9 Å². The van der Waals surface area contributed by atoms with E-state index in [1.165, 1.54) is 12.3 Å². The smallest absolute Gasteiger partial charge is 0.351 e. The molecule has 0 amide bonds. The summed E-state index contributed by atoms with van der Waals surface area (Å²) >= 11 is 0. The van der Waals surface area contributed by atoms with Crippen LogP contribution in [0.1, 0.15) is 6.23 Å². The van der Waals surface area contributed by atoms with E-state index >= 15 is 0 Å². The number of hydrogen-bond acceptors (Lipinski definition) is 6. The summed E-state index contributed by atoms with van der Waals surface area (Å²) in [6.07, 6.45) is -4.24. The van der Waals surface area contributed by atoms with Gasteiger partial charge in [-0.25, -0.2) is 9.18 Å². The summed E-state index contributed by atoms with van der Waals surface area (Å²) in [5, 5.41) is 21.1. The van der Waals surface area contributed by atoms with Crippen molar-refractivity contribution in [2.75, 3.05) is 19.0 Å². The predicted octanol–water partition coefficient (Wildman–Crippen LogP) is -1.13. The highest BCUT2D eigenvalue weighted by Gasteiger charge is 2.45. The van der Waals surface area contributed by atoms with Gasteiger partial charge in [-0.1, -0.05) is 0 Å². The Kier molecular flexibility index (Phi) is 3.60. The van der Waals surface area contributed by atoms with Crippen molar-refractivity contribution >= 4 is 5.82 Å². The molecular weight excluding hydrogens is 245 g/mol. The van der Waals surface area contributed by atoms with Crippen LogP contribution in [-0.4, -0.2) is 51.8 Å². The van der Waals surface area contributed by atoms with Gasteiger partial charge in [0.2, 0.25) is 0 Å². The second-order valence-corrected chi connectivity index (χ2v) is 3.94. The molecule has 7 nitrogen and oxygen atoms in total. The zero-order valence-corrected chi connectivity index (χ0v) is 9.65. The number of hydrogen-bond donors (Lipinski definition) is 3. The number of halogens is 1. The van der Waals surface area contributed by atoms with Crippen molar-refractivity contribution in [3.05, 3.63) is 22.7 Å². The van der Waals surface area contributed by atoms with Crippen molar-refractivity contribution in [3.8, 4) is 0 Å². The molecule has 0 bridgehead atoms. The molecule has 0 spiro atoms. The van der Waals surface area contributed by atoms with Gasteiger partial charge in [-0.05, 0) is 6.07 Å². The van der Waals surface area contributed by atoms with Gasteiger partial charge in [0, 0.05) is 13.2 Å². The van der Waals surface area contributed by atoms with Crippen LogP contribution < -0.4 is 11.0 Å². The monoisotopic (exact) mass is 259 g/mol. The number of nitrogens with one attached hydrogen (secondary N) is 1. The Hall–Kier alpha value is -1.51. The molecule has 0 saturated carbocycles. The van der Waals surface area contributed by atoms with E-state index in [4.69, 9.17) is 9.84 Å². The van der Waals surface area contributed by atoms with Crippen molar-refractivity contribution in [1.29, 1.82) is 0 Å². The van der Waals surface area contributed by atoms with Crippen molar-refractivity contribution in [2.24, 2.45) is 0 Å². The molecule has 100 valence electrons. The van der Waals surface area contributed by atoms with Gasteiger partial charge in [-0.2, -0.15) is 4.98 Å². The minimum Gasteiger partial charge on any atom is -0.394 e. The van der Waals surface area contributed by atoms with Crippen molar-refractivity contribution in [3.63, 3.8) is 0 Å². The van der Waals surface area contributed by atoms with Crippen LogP contribution in [0.2, 0.25) is 0 Å². The normalized spacial score (nSPS) is 31.6. The topological polar surface area (TPSA) is 96.6 Å². The lowest BCUT2D eigenvalue weighted by atomic mass is 10.1. The van der Waals surface area contributed by atoms with E-state index in [-0.39, 0.29) is 0 Å². The fourth-order valence-corrected chi connectivity index (χ4v) is 1.82. The van der Waals surface area contributed by atoms with Gasteiger partial charge in [0.1, 0.15) is 18.0 Å². The third-order valence-corrected chi connectivity index (χ3v) is 2.83. The molecule has 1 aliphatic rings. The van der Waals surface area contributed by atoms with Crippen molar-refractivity contribution in [1.82, 2.24) is 9.55 Å². The molecular formula is C10H14FN3O4. The van der Waals surface area contributed by atoms with E-state index in [1.807, 2.05) is 0 Å². The average molecular weight is 259 g/mol. The predicted molar refractivity (Wildman–Crippen MR) is 59.9 cm³/mol. The fraction of sp³-hybridized carbons (Fsp3) is 0.600. The van der Waals surface area contributed by atoms with Gasteiger partial charge in [0.05, 0.1) is 6.61 Å². The quantitative estimate of drug-likeness (QED) is 0.636. The number of aliphatic hydroxyl groups is 2. The SMILES string of the molecule is CNc1ccn([C@@H]2O[C@H](CO)[C@H](O)[C@@H]2F)c(=O)n1. The first kappa shape index (κ1) is 12.9. The molecule has 1 saturated heterocycles. The van der Waals surface area contributed by atoms with E-state index in [2.05, 4.69) is 10.3 Å². The highest BCUT2D eigenvalue weighted by molar-refractivity contribution is 5.30. The van der Waals surface area contributed by atoms with Crippen LogP contribution in [0.3, 0.4) is 0 Å². The maximum absolute atomic E-state index is 13.8. The van der Waals surface area contributed by atoms with Gasteiger partial charge >= 0.3 is 5.69 Å². The molecule has 2 rings (SSSR count). The van der Waals surface area contributed by atoms with E-state index in [9.17, 15) is 14.3 Å². The van der Waals surface area contributed by atoms with Gasteiger partial charge in [-0.15, -0.1) is 0 Å². The van der Waals surface area contributed by atoms with E-state index in [0.717, 1.165) is 4.57 Å². The Morgan fingerprint density at radius 3 is 2.89 bits per heavy atom. The minimum atomic E-state index is -1.79. The van der Waals surface area contributed by atoms with Crippen molar-refractivity contribution < 1.29 is 19.3 Å². The fourth-order valence-electron chi connectivity index (χ4n) is 1.82. The maximum Gasteiger partial charge on any atom is 0.351 e. The number of anilines is 1. The highest BCUT2D eigenvalue weighted by atomic mass is 19.1. The number of aliphatic hydroxyl groups excluding tert-OH is 2. The molecule has 0 aliphatic carbocycles. The summed E-state index contributed by atoms with van der Waals surface area (Å²) in [5.41, 5.74) is -0.694. The second-order valence-electron chi connectivity index (χ2n) is 3.94.